The molecular weight excluding hydrogens is 253 g/mol. The van der Waals surface area contributed by atoms with E-state index < -0.39 is 5.82 Å². The minimum Gasteiger partial charge on any atom is -0.349 e. The van der Waals surface area contributed by atoms with Gasteiger partial charge < -0.3 is 5.32 Å². The Labute approximate surface area is 112 Å². The molecule has 0 unspecified atom stereocenters. The number of hydrogen-bond donors (Lipinski definition) is 1. The SMILES string of the molecule is CC1CCC(NC(=O)c2ccc(F)cc2Cl)CC1. The van der Waals surface area contributed by atoms with Crippen LogP contribution in [0.25, 0.3) is 0 Å². The first kappa shape index (κ1) is 13.3. The van der Waals surface area contributed by atoms with Crippen LogP contribution in [-0.4, -0.2) is 11.9 Å². The Bertz CT molecular complexity index is 441. The van der Waals surface area contributed by atoms with Crippen molar-refractivity contribution in [3.63, 3.8) is 0 Å². The van der Waals surface area contributed by atoms with Gasteiger partial charge in [-0.25, -0.2) is 4.39 Å². The van der Waals surface area contributed by atoms with Crippen LogP contribution in [-0.2, 0) is 0 Å². The summed E-state index contributed by atoms with van der Waals surface area (Å²) in [5.41, 5.74) is 0.344. The average Bonchev–Trinajstić information content (AvgIpc) is 2.32. The number of carbonyl (C=O) groups is 1. The fraction of sp³-hybridized carbons (Fsp3) is 0.500. The van der Waals surface area contributed by atoms with Crippen molar-refractivity contribution in [2.45, 2.75) is 38.6 Å². The Morgan fingerprint density at radius 3 is 2.61 bits per heavy atom. The van der Waals surface area contributed by atoms with E-state index >= 15 is 0 Å². The zero-order valence-electron chi connectivity index (χ0n) is 10.4. The van der Waals surface area contributed by atoms with Crippen molar-refractivity contribution in [3.8, 4) is 0 Å². The first-order valence-electron chi connectivity index (χ1n) is 6.32. The van der Waals surface area contributed by atoms with Gasteiger partial charge in [0, 0.05) is 6.04 Å². The Morgan fingerprint density at radius 2 is 2.00 bits per heavy atom. The second-order valence-corrected chi connectivity index (χ2v) is 5.46. The molecule has 0 spiro atoms. The van der Waals surface area contributed by atoms with Crippen LogP contribution in [0.3, 0.4) is 0 Å². The van der Waals surface area contributed by atoms with Gasteiger partial charge in [0.15, 0.2) is 0 Å². The van der Waals surface area contributed by atoms with Crippen molar-refractivity contribution in [1.82, 2.24) is 5.32 Å². The molecule has 1 N–H and O–H groups in total. The van der Waals surface area contributed by atoms with Gasteiger partial charge in [-0.1, -0.05) is 18.5 Å². The van der Waals surface area contributed by atoms with Gasteiger partial charge in [0.1, 0.15) is 5.82 Å². The Balaban J connectivity index is 1.99. The molecule has 0 saturated heterocycles. The molecule has 0 aliphatic heterocycles. The Kier molecular flexibility index (Phi) is 4.23. The summed E-state index contributed by atoms with van der Waals surface area (Å²) in [7, 11) is 0. The first-order valence-corrected chi connectivity index (χ1v) is 6.70. The van der Waals surface area contributed by atoms with Crippen molar-refractivity contribution < 1.29 is 9.18 Å². The van der Waals surface area contributed by atoms with E-state index in [1.54, 1.807) is 0 Å². The fourth-order valence-electron chi connectivity index (χ4n) is 2.34. The highest BCUT2D eigenvalue weighted by Crippen LogP contribution is 2.24. The van der Waals surface area contributed by atoms with E-state index in [0.29, 0.717) is 5.56 Å². The Morgan fingerprint density at radius 1 is 1.33 bits per heavy atom. The third-order valence-electron chi connectivity index (χ3n) is 3.53. The number of carbonyl (C=O) groups excluding carboxylic acids is 1. The molecule has 1 fully saturated rings. The molecule has 0 heterocycles. The predicted octanol–water partition coefficient (Wildman–Crippen LogP) is 3.79. The molecule has 1 saturated carbocycles. The standard InChI is InChI=1S/C14H17ClFNO/c1-9-2-5-11(6-3-9)17-14(18)12-7-4-10(16)8-13(12)15/h4,7-9,11H,2-3,5-6H2,1H3,(H,17,18). The predicted molar refractivity (Wildman–Crippen MR) is 70.3 cm³/mol. The summed E-state index contributed by atoms with van der Waals surface area (Å²) < 4.78 is 12.9. The third-order valence-corrected chi connectivity index (χ3v) is 3.84. The molecule has 1 amide bonds. The van der Waals surface area contributed by atoms with Crippen LogP contribution in [0, 0.1) is 11.7 Å². The molecule has 0 atom stereocenters. The zero-order valence-corrected chi connectivity index (χ0v) is 11.1. The average molecular weight is 270 g/mol. The minimum atomic E-state index is -0.428. The Hall–Kier alpha value is -1.09. The fourth-order valence-corrected chi connectivity index (χ4v) is 2.59. The smallest absolute Gasteiger partial charge is 0.253 e. The van der Waals surface area contributed by atoms with E-state index in [-0.39, 0.29) is 17.0 Å². The molecule has 98 valence electrons. The maximum Gasteiger partial charge on any atom is 0.253 e. The topological polar surface area (TPSA) is 29.1 Å². The number of hydrogen-bond acceptors (Lipinski definition) is 1. The number of amides is 1. The summed E-state index contributed by atoms with van der Waals surface area (Å²) in [5.74, 6) is 0.107. The summed E-state index contributed by atoms with van der Waals surface area (Å²) in [5, 5.41) is 3.13. The maximum absolute atomic E-state index is 12.9. The van der Waals surface area contributed by atoms with Crippen molar-refractivity contribution in [2.75, 3.05) is 0 Å². The van der Waals surface area contributed by atoms with Gasteiger partial charge >= 0.3 is 0 Å². The molecule has 0 aromatic heterocycles. The van der Waals surface area contributed by atoms with Gasteiger partial charge in [-0.05, 0) is 49.8 Å². The van der Waals surface area contributed by atoms with E-state index in [4.69, 9.17) is 11.6 Å². The maximum atomic E-state index is 12.9. The molecule has 0 bridgehead atoms. The first-order chi connectivity index (χ1) is 8.56. The molecule has 18 heavy (non-hydrogen) atoms. The monoisotopic (exact) mass is 269 g/mol. The van der Waals surface area contributed by atoms with Gasteiger partial charge in [0.2, 0.25) is 0 Å². The zero-order chi connectivity index (χ0) is 13.1. The van der Waals surface area contributed by atoms with Gasteiger partial charge in [0.05, 0.1) is 10.6 Å². The third kappa shape index (κ3) is 3.22. The minimum absolute atomic E-state index is 0.164. The lowest BCUT2D eigenvalue weighted by Gasteiger charge is -2.27. The molecule has 1 aromatic carbocycles. The highest BCUT2D eigenvalue weighted by Gasteiger charge is 2.21. The lowest BCUT2D eigenvalue weighted by Crippen LogP contribution is -2.37. The van der Waals surface area contributed by atoms with E-state index in [2.05, 4.69) is 12.2 Å². The number of halogens is 2. The second kappa shape index (κ2) is 5.70. The highest BCUT2D eigenvalue weighted by molar-refractivity contribution is 6.33. The van der Waals surface area contributed by atoms with Crippen molar-refractivity contribution in [1.29, 1.82) is 0 Å². The molecule has 1 aliphatic rings. The summed E-state index contributed by atoms with van der Waals surface area (Å²) >= 11 is 5.86. The number of rotatable bonds is 2. The van der Waals surface area contributed by atoms with E-state index in [1.807, 2.05) is 0 Å². The molecule has 2 rings (SSSR count). The number of nitrogens with one attached hydrogen (secondary N) is 1. The van der Waals surface area contributed by atoms with Crippen LogP contribution in [0.1, 0.15) is 43.0 Å². The molecular formula is C14H17ClFNO. The van der Waals surface area contributed by atoms with Gasteiger partial charge in [-0.15, -0.1) is 0 Å². The summed E-state index contributed by atoms with van der Waals surface area (Å²) in [4.78, 5) is 12.0. The highest BCUT2D eigenvalue weighted by atomic mass is 35.5. The molecule has 1 aliphatic carbocycles. The summed E-state index contributed by atoms with van der Waals surface area (Å²) in [6, 6.07) is 4.07. The largest absolute Gasteiger partial charge is 0.349 e. The summed E-state index contributed by atoms with van der Waals surface area (Å²) in [6.07, 6.45) is 4.29. The molecule has 0 radical (unpaired) electrons. The van der Waals surface area contributed by atoms with Crippen LogP contribution in [0.15, 0.2) is 18.2 Å². The van der Waals surface area contributed by atoms with Crippen LogP contribution < -0.4 is 5.32 Å². The van der Waals surface area contributed by atoms with Gasteiger partial charge in [-0.3, -0.25) is 4.79 Å². The van der Waals surface area contributed by atoms with Gasteiger partial charge in [0.25, 0.3) is 5.91 Å². The molecule has 4 heteroatoms. The lowest BCUT2D eigenvalue weighted by molar-refractivity contribution is 0.0923. The summed E-state index contributed by atoms with van der Waals surface area (Å²) in [6.45, 7) is 2.23. The van der Waals surface area contributed by atoms with Crippen LogP contribution in [0.4, 0.5) is 4.39 Å². The van der Waals surface area contributed by atoms with Crippen molar-refractivity contribution in [3.05, 3.63) is 34.6 Å². The normalized spacial score (nSPS) is 23.7. The van der Waals surface area contributed by atoms with Crippen LogP contribution in [0.5, 0.6) is 0 Å². The molecule has 2 nitrogen and oxygen atoms in total. The van der Waals surface area contributed by atoms with E-state index in [1.165, 1.54) is 18.2 Å². The van der Waals surface area contributed by atoms with E-state index in [9.17, 15) is 9.18 Å². The quantitative estimate of drug-likeness (QED) is 0.870. The lowest BCUT2D eigenvalue weighted by atomic mass is 9.87. The number of benzene rings is 1. The van der Waals surface area contributed by atoms with E-state index in [0.717, 1.165) is 31.6 Å². The second-order valence-electron chi connectivity index (χ2n) is 5.05. The molecule has 1 aromatic rings. The van der Waals surface area contributed by atoms with Crippen LogP contribution in [0.2, 0.25) is 5.02 Å². The van der Waals surface area contributed by atoms with Crippen molar-refractivity contribution in [2.24, 2.45) is 5.92 Å². The van der Waals surface area contributed by atoms with Crippen LogP contribution >= 0.6 is 11.6 Å². The van der Waals surface area contributed by atoms with Crippen molar-refractivity contribution >= 4 is 17.5 Å². The van der Waals surface area contributed by atoms with Gasteiger partial charge in [-0.2, -0.15) is 0 Å².